The van der Waals surface area contributed by atoms with E-state index in [2.05, 4.69) is 0 Å². The molecule has 1 aliphatic rings. The fourth-order valence-electron chi connectivity index (χ4n) is 1.81. The highest BCUT2D eigenvalue weighted by molar-refractivity contribution is 7.89. The van der Waals surface area contributed by atoms with E-state index in [0.29, 0.717) is 19.5 Å². The number of hydrogen-bond donors (Lipinski definition) is 1. The molecule has 1 unspecified atom stereocenters. The Bertz CT molecular complexity index is 322. The Hall–Kier alpha value is -0.130. The summed E-state index contributed by atoms with van der Waals surface area (Å²) in [7, 11) is -3.17. The number of aliphatic hydroxyl groups is 1. The van der Waals surface area contributed by atoms with Gasteiger partial charge in [-0.15, -0.1) is 0 Å². The minimum Gasteiger partial charge on any atom is -0.392 e. The molecule has 0 aromatic rings. The Morgan fingerprint density at radius 2 is 1.93 bits per heavy atom. The predicted octanol–water partition coefficient (Wildman–Crippen LogP) is 0.817. The number of aliphatic hydroxyl groups excluding tert-OH is 1. The molecule has 1 N–H and O–H groups in total. The number of hydrogen-bond acceptors (Lipinski definition) is 3. The molecule has 1 rings (SSSR count). The van der Waals surface area contributed by atoms with Crippen LogP contribution < -0.4 is 0 Å². The Kier molecular flexibility index (Phi) is 3.48. The molecule has 0 aromatic heterocycles. The standard InChI is InChI=1S/C10H21NO3S/c1-8(2)15(13,14)11-6-5-9(12)10(3,4)7-11/h8-9,12H,5-7H2,1-4H3. The average Bonchev–Trinajstić information content (AvgIpc) is 2.09. The first-order valence-electron chi connectivity index (χ1n) is 5.35. The van der Waals surface area contributed by atoms with Crippen LogP contribution >= 0.6 is 0 Å². The molecule has 1 fully saturated rings. The topological polar surface area (TPSA) is 57.6 Å². The lowest BCUT2D eigenvalue weighted by Gasteiger charge is -2.41. The average molecular weight is 235 g/mol. The molecule has 0 aromatic carbocycles. The van der Waals surface area contributed by atoms with Crippen LogP contribution in [0.2, 0.25) is 0 Å². The van der Waals surface area contributed by atoms with Crippen LogP contribution in [0.5, 0.6) is 0 Å². The van der Waals surface area contributed by atoms with E-state index < -0.39 is 16.1 Å². The summed E-state index contributed by atoms with van der Waals surface area (Å²) in [4.78, 5) is 0. The SMILES string of the molecule is CC(C)S(=O)(=O)N1CCC(O)C(C)(C)C1. The van der Waals surface area contributed by atoms with Crippen LogP contribution in [0.25, 0.3) is 0 Å². The van der Waals surface area contributed by atoms with Crippen molar-refractivity contribution in [3.8, 4) is 0 Å². The summed E-state index contributed by atoms with van der Waals surface area (Å²) in [5, 5.41) is 9.35. The Morgan fingerprint density at radius 3 is 2.33 bits per heavy atom. The third-order valence-electron chi connectivity index (χ3n) is 3.09. The molecular formula is C10H21NO3S. The van der Waals surface area contributed by atoms with Gasteiger partial charge in [0.1, 0.15) is 0 Å². The molecule has 0 bridgehead atoms. The monoisotopic (exact) mass is 235 g/mol. The van der Waals surface area contributed by atoms with Gasteiger partial charge in [-0.05, 0) is 20.3 Å². The zero-order chi connectivity index (χ0) is 11.9. The molecule has 1 saturated heterocycles. The highest BCUT2D eigenvalue weighted by Crippen LogP contribution is 2.31. The van der Waals surface area contributed by atoms with Gasteiger partial charge in [0.2, 0.25) is 10.0 Å². The molecule has 15 heavy (non-hydrogen) atoms. The van der Waals surface area contributed by atoms with Gasteiger partial charge >= 0.3 is 0 Å². The van der Waals surface area contributed by atoms with E-state index in [0.717, 1.165) is 0 Å². The van der Waals surface area contributed by atoms with E-state index in [1.807, 2.05) is 13.8 Å². The van der Waals surface area contributed by atoms with Crippen LogP contribution in [-0.2, 0) is 10.0 Å². The maximum absolute atomic E-state index is 11.9. The van der Waals surface area contributed by atoms with E-state index in [1.54, 1.807) is 13.8 Å². The molecule has 1 heterocycles. The first-order chi connectivity index (χ1) is 6.68. The lowest BCUT2D eigenvalue weighted by molar-refractivity contribution is -0.000481. The zero-order valence-corrected chi connectivity index (χ0v) is 10.7. The van der Waals surface area contributed by atoms with Crippen LogP contribution in [0.15, 0.2) is 0 Å². The maximum atomic E-state index is 11.9. The third kappa shape index (κ3) is 2.52. The molecule has 0 spiro atoms. The molecule has 5 heteroatoms. The smallest absolute Gasteiger partial charge is 0.216 e. The summed E-state index contributed by atoms with van der Waals surface area (Å²) in [6, 6.07) is 0. The number of nitrogens with zero attached hydrogens (tertiary/aromatic N) is 1. The first-order valence-corrected chi connectivity index (χ1v) is 6.85. The lowest BCUT2D eigenvalue weighted by atomic mass is 9.82. The minimum atomic E-state index is -3.17. The van der Waals surface area contributed by atoms with Crippen LogP contribution in [-0.4, -0.2) is 42.3 Å². The van der Waals surface area contributed by atoms with E-state index in [9.17, 15) is 13.5 Å². The van der Waals surface area contributed by atoms with Crippen molar-refractivity contribution in [1.29, 1.82) is 0 Å². The Labute approximate surface area is 92.3 Å². The summed E-state index contributed by atoms with van der Waals surface area (Å²) in [5.41, 5.74) is -0.347. The Balaban J connectivity index is 2.85. The van der Waals surface area contributed by atoms with Crippen molar-refractivity contribution in [3.63, 3.8) is 0 Å². The van der Waals surface area contributed by atoms with Gasteiger partial charge in [0.05, 0.1) is 11.4 Å². The van der Waals surface area contributed by atoms with Gasteiger partial charge in [0, 0.05) is 18.5 Å². The zero-order valence-electron chi connectivity index (χ0n) is 9.90. The van der Waals surface area contributed by atoms with E-state index in [4.69, 9.17) is 0 Å². The second-order valence-electron chi connectivity index (χ2n) is 5.22. The second-order valence-corrected chi connectivity index (χ2v) is 7.71. The normalized spacial score (nSPS) is 28.3. The van der Waals surface area contributed by atoms with Crippen LogP contribution in [0.4, 0.5) is 0 Å². The molecule has 4 nitrogen and oxygen atoms in total. The van der Waals surface area contributed by atoms with Crippen molar-refractivity contribution in [2.75, 3.05) is 13.1 Å². The summed E-state index contributed by atoms with van der Waals surface area (Å²) in [6.07, 6.45) is 0.120. The van der Waals surface area contributed by atoms with Crippen molar-refractivity contribution in [3.05, 3.63) is 0 Å². The van der Waals surface area contributed by atoms with E-state index >= 15 is 0 Å². The van der Waals surface area contributed by atoms with E-state index in [-0.39, 0.29) is 10.7 Å². The second kappa shape index (κ2) is 4.03. The molecule has 0 amide bonds. The highest BCUT2D eigenvalue weighted by atomic mass is 32.2. The van der Waals surface area contributed by atoms with Crippen LogP contribution in [0.1, 0.15) is 34.1 Å². The summed E-state index contributed by atoms with van der Waals surface area (Å²) in [6.45, 7) is 8.03. The quantitative estimate of drug-likeness (QED) is 0.771. The molecule has 0 saturated carbocycles. The number of sulfonamides is 1. The molecule has 0 aliphatic carbocycles. The Morgan fingerprint density at radius 1 is 1.40 bits per heavy atom. The van der Waals surface area contributed by atoms with Crippen molar-refractivity contribution in [1.82, 2.24) is 4.31 Å². The number of rotatable bonds is 2. The highest BCUT2D eigenvalue weighted by Gasteiger charge is 2.39. The van der Waals surface area contributed by atoms with Gasteiger partial charge in [-0.2, -0.15) is 0 Å². The maximum Gasteiger partial charge on any atom is 0.216 e. The van der Waals surface area contributed by atoms with Gasteiger partial charge in [0.15, 0.2) is 0 Å². The van der Waals surface area contributed by atoms with Gasteiger partial charge < -0.3 is 5.11 Å². The van der Waals surface area contributed by atoms with Gasteiger partial charge in [-0.1, -0.05) is 13.8 Å². The first kappa shape index (κ1) is 12.9. The molecule has 1 aliphatic heterocycles. The fraction of sp³-hybridized carbons (Fsp3) is 1.00. The largest absolute Gasteiger partial charge is 0.392 e. The van der Waals surface area contributed by atoms with Crippen LogP contribution in [0.3, 0.4) is 0 Å². The van der Waals surface area contributed by atoms with E-state index in [1.165, 1.54) is 4.31 Å². The molecule has 90 valence electrons. The summed E-state index contributed by atoms with van der Waals surface area (Å²) in [5.74, 6) is 0. The van der Waals surface area contributed by atoms with Crippen molar-refractivity contribution >= 4 is 10.0 Å². The molecular weight excluding hydrogens is 214 g/mol. The van der Waals surface area contributed by atoms with Crippen LogP contribution in [0, 0.1) is 5.41 Å². The van der Waals surface area contributed by atoms with Gasteiger partial charge in [-0.3, -0.25) is 0 Å². The fourth-order valence-corrected chi connectivity index (χ4v) is 3.28. The van der Waals surface area contributed by atoms with Crippen molar-refractivity contribution in [2.24, 2.45) is 5.41 Å². The summed E-state index contributed by atoms with van der Waals surface area (Å²) < 4.78 is 25.4. The lowest BCUT2D eigenvalue weighted by Crippen LogP contribution is -2.52. The molecule has 1 atom stereocenters. The summed E-state index contributed by atoms with van der Waals surface area (Å²) >= 11 is 0. The van der Waals surface area contributed by atoms with Gasteiger partial charge in [0.25, 0.3) is 0 Å². The third-order valence-corrected chi connectivity index (χ3v) is 5.32. The number of piperidine rings is 1. The van der Waals surface area contributed by atoms with Crippen molar-refractivity contribution < 1.29 is 13.5 Å². The van der Waals surface area contributed by atoms with Gasteiger partial charge in [-0.25, -0.2) is 12.7 Å². The molecule has 0 radical (unpaired) electrons. The predicted molar refractivity (Wildman–Crippen MR) is 60.0 cm³/mol. The minimum absolute atomic E-state index is 0.347. The van der Waals surface area contributed by atoms with Crippen molar-refractivity contribution in [2.45, 2.75) is 45.5 Å².